The van der Waals surface area contributed by atoms with Crippen LogP contribution < -0.4 is 20.2 Å². The molecule has 0 atom stereocenters. The number of rotatable bonds is 25. The van der Waals surface area contributed by atoms with Crippen LogP contribution >= 0.6 is 0 Å². The quantitative estimate of drug-likeness (QED) is 0.0356. The summed E-state index contributed by atoms with van der Waals surface area (Å²) in [6, 6.07) is 16.0. The molecule has 3 rings (SSSR count). The van der Waals surface area contributed by atoms with Crippen LogP contribution in [-0.2, 0) is 22.7 Å². The summed E-state index contributed by atoms with van der Waals surface area (Å²) in [7, 11) is 0. The molecule has 0 saturated heterocycles. The molecule has 0 aliphatic rings. The van der Waals surface area contributed by atoms with Crippen LogP contribution in [0.5, 0.6) is 5.75 Å². The van der Waals surface area contributed by atoms with Crippen LogP contribution in [0.2, 0.25) is 0 Å². The summed E-state index contributed by atoms with van der Waals surface area (Å²) in [6.45, 7) is 3.13. The van der Waals surface area contributed by atoms with Gasteiger partial charge in [0.15, 0.2) is 12.8 Å². The van der Waals surface area contributed by atoms with Crippen molar-refractivity contribution in [1.29, 1.82) is 0 Å². The molecule has 0 radical (unpaired) electrons. The largest absolute Gasteiger partial charge is 0.480 e. The van der Waals surface area contributed by atoms with Crippen molar-refractivity contribution >= 4 is 28.3 Å². The zero-order valence-electron chi connectivity index (χ0n) is 28.6. The van der Waals surface area contributed by atoms with Crippen molar-refractivity contribution in [1.82, 2.24) is 5.43 Å². The normalized spacial score (nSPS) is 11.9. The fourth-order valence-electron chi connectivity index (χ4n) is 5.84. The van der Waals surface area contributed by atoms with E-state index in [4.69, 9.17) is 9.84 Å². The van der Waals surface area contributed by atoms with Crippen molar-refractivity contribution < 1.29 is 41.6 Å². The number of pyridine rings is 1. The molecule has 3 aromatic rings. The molecular formula is C38H52F4N3O4+. The molecule has 1 heterocycles. The maximum atomic E-state index is 13.9. The lowest BCUT2D eigenvalue weighted by molar-refractivity contribution is -0.704. The van der Waals surface area contributed by atoms with Gasteiger partial charge >= 0.3 is 23.7 Å². The standard InChI is InChI=1S/C38H51F4N3O4/c1-2-3-4-5-6-7-8-9-10-11-12-13-14-15-16-21-27-45-28-26-30-22-17-18-23-31(30)33(45)29-49-34-25-20-19-24-32(34)43-44-35(46)37(39,40)38(41,42)36(47)48/h17-20,22-26,28,43H,2-16,21,27,29H2,1H3,(H-,44,46,47,48)/p+1. The molecule has 49 heavy (non-hydrogen) atoms. The second-order valence-corrected chi connectivity index (χ2v) is 12.7. The number of nitrogens with zero attached hydrogens (tertiary/aromatic N) is 1. The number of carbonyl (C=O) groups excluding carboxylic acids is 1. The predicted molar refractivity (Wildman–Crippen MR) is 184 cm³/mol. The van der Waals surface area contributed by atoms with Gasteiger partial charge in [0.05, 0.1) is 11.1 Å². The van der Waals surface area contributed by atoms with Gasteiger partial charge in [-0.25, -0.2) is 4.79 Å². The smallest absolute Gasteiger partial charge is 0.413 e. The SMILES string of the molecule is CCCCCCCCCCCCCCCCCC[n+]1ccc2ccccc2c1COc1ccccc1NNC(=O)C(F)(F)C(F)(F)C(=O)O. The number of para-hydroxylation sites is 2. The Morgan fingerprint density at radius 3 is 1.84 bits per heavy atom. The monoisotopic (exact) mass is 690 g/mol. The minimum atomic E-state index is -5.59. The highest BCUT2D eigenvalue weighted by atomic mass is 19.3. The van der Waals surface area contributed by atoms with E-state index in [1.165, 1.54) is 114 Å². The number of carbonyl (C=O) groups is 2. The Labute approximate surface area is 287 Å². The van der Waals surface area contributed by atoms with Gasteiger partial charge in [0, 0.05) is 12.5 Å². The maximum absolute atomic E-state index is 13.9. The Balaban J connectivity index is 1.47. The van der Waals surface area contributed by atoms with Crippen LogP contribution in [0.15, 0.2) is 60.8 Å². The number of aromatic nitrogens is 1. The van der Waals surface area contributed by atoms with Crippen molar-refractivity contribution in [2.75, 3.05) is 5.43 Å². The van der Waals surface area contributed by atoms with Gasteiger partial charge in [0.1, 0.15) is 12.3 Å². The Kier molecular flexibility index (Phi) is 16.6. The average molecular weight is 691 g/mol. The number of ether oxygens (including phenoxy) is 1. The second kappa shape index (κ2) is 20.6. The summed E-state index contributed by atoms with van der Waals surface area (Å²) in [5, 5.41) is 10.4. The molecule has 1 amide bonds. The molecule has 1 aromatic heterocycles. The van der Waals surface area contributed by atoms with Gasteiger partial charge in [-0.2, -0.15) is 22.1 Å². The first-order chi connectivity index (χ1) is 23.6. The molecule has 0 aliphatic heterocycles. The van der Waals surface area contributed by atoms with Crippen molar-refractivity contribution in [2.45, 2.75) is 135 Å². The van der Waals surface area contributed by atoms with Gasteiger partial charge in [-0.05, 0) is 30.0 Å². The highest BCUT2D eigenvalue weighted by Crippen LogP contribution is 2.35. The van der Waals surface area contributed by atoms with E-state index in [2.05, 4.69) is 16.9 Å². The number of anilines is 1. The lowest BCUT2D eigenvalue weighted by Crippen LogP contribution is -2.57. The highest BCUT2D eigenvalue weighted by Gasteiger charge is 2.67. The van der Waals surface area contributed by atoms with Crippen LogP contribution in [0.1, 0.15) is 115 Å². The van der Waals surface area contributed by atoms with Crippen LogP contribution in [0.3, 0.4) is 0 Å². The van der Waals surface area contributed by atoms with E-state index >= 15 is 0 Å². The maximum Gasteiger partial charge on any atom is 0.413 e. The highest BCUT2D eigenvalue weighted by molar-refractivity contribution is 5.92. The topological polar surface area (TPSA) is 91.5 Å². The van der Waals surface area contributed by atoms with E-state index in [0.717, 1.165) is 35.9 Å². The molecular weight excluding hydrogens is 638 g/mol. The van der Waals surface area contributed by atoms with E-state index in [9.17, 15) is 27.2 Å². The number of aryl methyl sites for hydroxylation is 1. The molecule has 0 aliphatic carbocycles. The van der Waals surface area contributed by atoms with E-state index in [0.29, 0.717) is 0 Å². The van der Waals surface area contributed by atoms with Crippen molar-refractivity contribution in [3.8, 4) is 5.75 Å². The first-order valence-electron chi connectivity index (χ1n) is 17.8. The molecule has 0 unspecified atom stereocenters. The Morgan fingerprint density at radius 2 is 1.24 bits per heavy atom. The number of nitrogens with one attached hydrogen (secondary N) is 2. The van der Waals surface area contributed by atoms with E-state index in [-0.39, 0.29) is 18.0 Å². The second-order valence-electron chi connectivity index (χ2n) is 12.7. The number of alkyl halides is 4. The number of carboxylic acid groups (broad SMARTS) is 1. The average Bonchev–Trinajstić information content (AvgIpc) is 3.09. The fourth-order valence-corrected chi connectivity index (χ4v) is 5.84. The fraction of sp³-hybridized carbons (Fsp3) is 0.553. The summed E-state index contributed by atoms with van der Waals surface area (Å²) in [6.07, 6.45) is 22.7. The third kappa shape index (κ3) is 12.2. The van der Waals surface area contributed by atoms with E-state index in [1.807, 2.05) is 36.5 Å². The van der Waals surface area contributed by atoms with Gasteiger partial charge in [0.2, 0.25) is 5.69 Å². The Bertz CT molecular complexity index is 1450. The minimum Gasteiger partial charge on any atom is -0.480 e. The molecule has 0 spiro atoms. The summed E-state index contributed by atoms with van der Waals surface area (Å²) in [5.74, 6) is -16.5. The number of amides is 1. The molecule has 0 fully saturated rings. The number of aliphatic carboxylic acids is 1. The molecule has 0 bridgehead atoms. The Hall–Kier alpha value is -3.89. The lowest BCUT2D eigenvalue weighted by Gasteiger charge is -2.22. The van der Waals surface area contributed by atoms with Gasteiger partial charge in [0.25, 0.3) is 0 Å². The minimum absolute atomic E-state index is 0.0230. The third-order valence-electron chi connectivity index (χ3n) is 8.82. The number of fused-ring (bicyclic) bond motifs is 1. The van der Waals surface area contributed by atoms with Crippen LogP contribution in [-0.4, -0.2) is 28.8 Å². The number of benzene rings is 2. The third-order valence-corrected chi connectivity index (χ3v) is 8.82. The van der Waals surface area contributed by atoms with Gasteiger partial charge in [-0.3, -0.25) is 15.6 Å². The zero-order chi connectivity index (χ0) is 35.5. The summed E-state index contributed by atoms with van der Waals surface area (Å²) in [4.78, 5) is 22.4. The van der Waals surface area contributed by atoms with Crippen LogP contribution in [0, 0.1) is 0 Å². The van der Waals surface area contributed by atoms with Gasteiger partial charge in [-0.15, -0.1) is 0 Å². The number of unbranched alkanes of at least 4 members (excludes halogenated alkanes) is 15. The first kappa shape index (κ1) is 39.5. The van der Waals surface area contributed by atoms with Crippen LogP contribution in [0.4, 0.5) is 23.2 Å². The lowest BCUT2D eigenvalue weighted by atomic mass is 10.0. The van der Waals surface area contributed by atoms with Gasteiger partial charge < -0.3 is 9.84 Å². The molecule has 11 heteroatoms. The molecule has 3 N–H and O–H groups in total. The summed E-state index contributed by atoms with van der Waals surface area (Å²) >= 11 is 0. The van der Waals surface area contributed by atoms with Crippen molar-refractivity contribution in [3.05, 3.63) is 66.5 Å². The Morgan fingerprint density at radius 1 is 0.714 bits per heavy atom. The van der Waals surface area contributed by atoms with Crippen molar-refractivity contribution in [3.63, 3.8) is 0 Å². The number of carboxylic acids is 1. The van der Waals surface area contributed by atoms with E-state index < -0.39 is 23.7 Å². The van der Waals surface area contributed by atoms with Crippen LogP contribution in [0.25, 0.3) is 10.8 Å². The molecule has 2 aromatic carbocycles. The number of hydrogen-bond acceptors (Lipinski definition) is 4. The molecule has 0 saturated carbocycles. The summed E-state index contributed by atoms with van der Waals surface area (Å²) in [5.41, 5.74) is 4.57. The van der Waals surface area contributed by atoms with Gasteiger partial charge in [-0.1, -0.05) is 127 Å². The summed E-state index contributed by atoms with van der Waals surface area (Å²) < 4.78 is 62.9. The van der Waals surface area contributed by atoms with E-state index in [1.54, 1.807) is 6.07 Å². The molecule has 7 nitrogen and oxygen atoms in total. The molecule has 270 valence electrons. The zero-order valence-corrected chi connectivity index (χ0v) is 28.6. The number of halogens is 4. The number of hydrazine groups is 1. The predicted octanol–water partition coefficient (Wildman–Crippen LogP) is 9.77. The number of hydrogen-bond donors (Lipinski definition) is 3. The van der Waals surface area contributed by atoms with Crippen molar-refractivity contribution in [2.24, 2.45) is 0 Å². The first-order valence-corrected chi connectivity index (χ1v) is 17.8.